The van der Waals surface area contributed by atoms with Gasteiger partial charge in [0.25, 0.3) is 5.56 Å². The van der Waals surface area contributed by atoms with E-state index < -0.39 is 0 Å². The number of nitriles is 1. The van der Waals surface area contributed by atoms with Crippen LogP contribution in [0, 0.1) is 11.3 Å². The van der Waals surface area contributed by atoms with Crippen molar-refractivity contribution in [2.45, 2.75) is 0 Å². The number of benzene rings is 1. The van der Waals surface area contributed by atoms with Crippen LogP contribution >= 0.6 is 11.6 Å². The maximum atomic E-state index is 12.4. The third-order valence-corrected chi connectivity index (χ3v) is 5.30. The summed E-state index contributed by atoms with van der Waals surface area (Å²) >= 11 is 6.17. The first kappa shape index (κ1) is 20.4. The van der Waals surface area contributed by atoms with Crippen molar-refractivity contribution in [1.82, 2.24) is 19.3 Å². The lowest BCUT2D eigenvalue weighted by molar-refractivity contribution is 0.863. The van der Waals surface area contributed by atoms with Crippen molar-refractivity contribution in [2.24, 2.45) is 7.05 Å². The monoisotopic (exact) mass is 430 g/mol. The van der Waals surface area contributed by atoms with Crippen molar-refractivity contribution in [3.63, 3.8) is 0 Å². The van der Waals surface area contributed by atoms with Crippen LogP contribution in [0.15, 0.2) is 66.0 Å². The highest BCUT2D eigenvalue weighted by Crippen LogP contribution is 2.32. The predicted molar refractivity (Wildman–Crippen MR) is 122 cm³/mol. The average molecular weight is 431 g/mol. The molecule has 0 amide bonds. The van der Waals surface area contributed by atoms with Gasteiger partial charge in [-0.1, -0.05) is 17.7 Å². The molecule has 0 unspecified atom stereocenters. The Kier molecular flexibility index (Phi) is 5.32. The molecule has 0 fully saturated rings. The second kappa shape index (κ2) is 8.09. The van der Waals surface area contributed by atoms with Crippen molar-refractivity contribution >= 4 is 17.4 Å². The molecule has 3 heterocycles. The number of rotatable bonds is 4. The van der Waals surface area contributed by atoms with E-state index in [-0.39, 0.29) is 5.56 Å². The van der Waals surface area contributed by atoms with Gasteiger partial charge in [-0.05, 0) is 29.8 Å². The Hall–Kier alpha value is -3.89. The first-order valence-electron chi connectivity index (χ1n) is 9.47. The summed E-state index contributed by atoms with van der Waals surface area (Å²) in [5.74, 6) is 0.826. The second-order valence-corrected chi connectivity index (χ2v) is 7.68. The normalized spacial score (nSPS) is 10.7. The molecule has 0 radical (unpaired) electrons. The summed E-state index contributed by atoms with van der Waals surface area (Å²) in [5, 5.41) is 14.3. The van der Waals surface area contributed by atoms with Crippen LogP contribution in [-0.4, -0.2) is 33.4 Å². The van der Waals surface area contributed by atoms with E-state index in [1.54, 1.807) is 54.6 Å². The zero-order chi connectivity index (χ0) is 22.1. The molecule has 8 heteroatoms. The quantitative estimate of drug-likeness (QED) is 0.490. The topological polar surface area (TPSA) is 79.7 Å². The molecule has 0 atom stereocenters. The minimum atomic E-state index is -0.121. The number of hydrogen-bond acceptors (Lipinski definition) is 5. The fraction of sp³-hybridized carbons (Fsp3) is 0.130. The molecule has 0 saturated heterocycles. The van der Waals surface area contributed by atoms with Gasteiger partial charge in [-0.25, -0.2) is 9.67 Å². The van der Waals surface area contributed by atoms with Crippen molar-refractivity contribution in [3.05, 3.63) is 82.1 Å². The van der Waals surface area contributed by atoms with Crippen LogP contribution in [0.25, 0.3) is 27.9 Å². The van der Waals surface area contributed by atoms with Crippen molar-refractivity contribution in [3.8, 4) is 34.0 Å². The smallest absolute Gasteiger partial charge is 0.250 e. The van der Waals surface area contributed by atoms with Gasteiger partial charge in [-0.3, -0.25) is 4.79 Å². The lowest BCUT2D eigenvalue weighted by atomic mass is 9.99. The van der Waals surface area contributed by atoms with Gasteiger partial charge in [0.15, 0.2) is 0 Å². The lowest BCUT2D eigenvalue weighted by Gasteiger charge is -2.13. The van der Waals surface area contributed by atoms with Crippen LogP contribution in [0.2, 0.25) is 5.02 Å². The molecule has 0 spiro atoms. The van der Waals surface area contributed by atoms with Gasteiger partial charge in [0.05, 0.1) is 22.5 Å². The Labute approximate surface area is 184 Å². The maximum absolute atomic E-state index is 12.4. The largest absolute Gasteiger partial charge is 0.363 e. The minimum Gasteiger partial charge on any atom is -0.363 e. The molecular formula is C23H19ClN6O. The molecule has 154 valence electrons. The maximum Gasteiger partial charge on any atom is 0.250 e. The van der Waals surface area contributed by atoms with Gasteiger partial charge in [0.2, 0.25) is 0 Å². The van der Waals surface area contributed by atoms with Crippen molar-refractivity contribution in [2.75, 3.05) is 19.0 Å². The van der Waals surface area contributed by atoms with Crippen LogP contribution < -0.4 is 10.5 Å². The number of halogens is 1. The van der Waals surface area contributed by atoms with Crippen LogP contribution in [0.5, 0.6) is 0 Å². The first-order chi connectivity index (χ1) is 14.9. The van der Waals surface area contributed by atoms with Crippen LogP contribution in [0.3, 0.4) is 0 Å². The molecule has 0 aliphatic rings. The third kappa shape index (κ3) is 3.81. The zero-order valence-corrected chi connectivity index (χ0v) is 18.0. The average Bonchev–Trinajstić information content (AvgIpc) is 3.25. The van der Waals surface area contributed by atoms with Gasteiger partial charge in [-0.2, -0.15) is 10.4 Å². The first-order valence-corrected chi connectivity index (χ1v) is 9.85. The molecule has 0 aliphatic carbocycles. The molecule has 7 nitrogen and oxygen atoms in total. The number of hydrogen-bond donors (Lipinski definition) is 0. The minimum absolute atomic E-state index is 0.121. The Morgan fingerprint density at radius 2 is 1.87 bits per heavy atom. The fourth-order valence-electron chi connectivity index (χ4n) is 3.32. The lowest BCUT2D eigenvalue weighted by Crippen LogP contribution is -2.15. The number of aryl methyl sites for hydroxylation is 1. The molecule has 3 aromatic heterocycles. The van der Waals surface area contributed by atoms with Gasteiger partial charge in [0.1, 0.15) is 11.9 Å². The molecule has 0 N–H and O–H groups in total. The van der Waals surface area contributed by atoms with Gasteiger partial charge >= 0.3 is 0 Å². The highest BCUT2D eigenvalue weighted by molar-refractivity contribution is 6.32. The van der Waals surface area contributed by atoms with Crippen molar-refractivity contribution in [1.29, 1.82) is 5.26 Å². The molecule has 31 heavy (non-hydrogen) atoms. The molecule has 4 aromatic rings. The summed E-state index contributed by atoms with van der Waals surface area (Å²) < 4.78 is 3.14. The Bertz CT molecular complexity index is 1360. The molecule has 1 aromatic carbocycles. The van der Waals surface area contributed by atoms with Crippen molar-refractivity contribution < 1.29 is 0 Å². The Balaban J connectivity index is 1.85. The van der Waals surface area contributed by atoms with Gasteiger partial charge in [0, 0.05) is 62.5 Å². The zero-order valence-electron chi connectivity index (χ0n) is 17.2. The van der Waals surface area contributed by atoms with E-state index in [1.165, 1.54) is 4.57 Å². The molecule has 0 saturated carbocycles. The molecular weight excluding hydrogens is 412 g/mol. The predicted octanol–water partition coefficient (Wildman–Crippen LogP) is 3.89. The van der Waals surface area contributed by atoms with E-state index in [4.69, 9.17) is 11.6 Å². The van der Waals surface area contributed by atoms with E-state index in [0.717, 1.165) is 28.1 Å². The summed E-state index contributed by atoms with van der Waals surface area (Å²) in [6.07, 6.45) is 7.05. The van der Waals surface area contributed by atoms with Gasteiger partial charge < -0.3 is 9.47 Å². The highest BCUT2D eigenvalue weighted by Gasteiger charge is 2.15. The van der Waals surface area contributed by atoms with E-state index in [2.05, 4.69) is 16.2 Å². The Morgan fingerprint density at radius 1 is 1.06 bits per heavy atom. The SMILES string of the molecule is CN(C)c1ccc(-c2cc(=O)n(C)cc2-c2cnn(-c3cccc(Cl)c3C#N)c2)cn1. The van der Waals surface area contributed by atoms with E-state index >= 15 is 0 Å². The third-order valence-electron chi connectivity index (χ3n) is 4.99. The van der Waals surface area contributed by atoms with E-state index in [0.29, 0.717) is 16.3 Å². The summed E-state index contributed by atoms with van der Waals surface area (Å²) in [6.45, 7) is 0. The molecule has 4 rings (SSSR count). The summed E-state index contributed by atoms with van der Waals surface area (Å²) in [6, 6.07) is 12.8. The number of aromatic nitrogens is 4. The summed E-state index contributed by atoms with van der Waals surface area (Å²) in [4.78, 5) is 18.8. The number of pyridine rings is 2. The van der Waals surface area contributed by atoms with Crippen LogP contribution in [0.4, 0.5) is 5.82 Å². The highest BCUT2D eigenvalue weighted by atomic mass is 35.5. The van der Waals surface area contributed by atoms with Crippen LogP contribution in [0.1, 0.15) is 5.56 Å². The second-order valence-electron chi connectivity index (χ2n) is 7.27. The Morgan fingerprint density at radius 3 is 2.55 bits per heavy atom. The molecule has 0 aliphatic heterocycles. The number of anilines is 1. The fourth-order valence-corrected chi connectivity index (χ4v) is 3.53. The summed E-state index contributed by atoms with van der Waals surface area (Å²) in [7, 11) is 5.55. The molecule has 0 bridgehead atoms. The van der Waals surface area contributed by atoms with E-state index in [1.807, 2.05) is 37.3 Å². The van der Waals surface area contributed by atoms with E-state index in [9.17, 15) is 10.1 Å². The standard InChI is InChI=1S/C23H19ClN6O/c1-28(2)22-8-7-15(11-26-22)17-9-23(31)29(3)14-19(17)16-12-27-30(13-16)21-6-4-5-20(24)18(21)10-25/h4-9,11-14H,1-3H3. The number of nitrogens with zero attached hydrogens (tertiary/aromatic N) is 6. The summed E-state index contributed by atoms with van der Waals surface area (Å²) in [5.41, 5.74) is 4.02. The van der Waals surface area contributed by atoms with Gasteiger partial charge in [-0.15, -0.1) is 0 Å². The van der Waals surface area contributed by atoms with Crippen LogP contribution in [-0.2, 0) is 7.05 Å².